The van der Waals surface area contributed by atoms with Crippen molar-refractivity contribution in [3.05, 3.63) is 34.9 Å². The molecule has 0 amide bonds. The summed E-state index contributed by atoms with van der Waals surface area (Å²) in [4.78, 5) is 0. The Balaban J connectivity index is 3.04. The minimum atomic E-state index is 0.227. The normalized spacial score (nSPS) is 13.9. The van der Waals surface area contributed by atoms with Crippen molar-refractivity contribution in [1.29, 1.82) is 0 Å². The van der Waals surface area contributed by atoms with Gasteiger partial charge in [0.1, 0.15) is 0 Å². The van der Waals surface area contributed by atoms with Gasteiger partial charge in [0, 0.05) is 0 Å². The van der Waals surface area contributed by atoms with Crippen molar-refractivity contribution in [3.8, 4) is 0 Å². The number of benzene rings is 1. The van der Waals surface area contributed by atoms with Crippen molar-refractivity contribution in [2.75, 3.05) is 6.54 Å². The van der Waals surface area contributed by atoms with Crippen LogP contribution in [0.5, 0.6) is 0 Å². The Morgan fingerprint density at radius 1 is 1.16 bits per heavy atom. The Morgan fingerprint density at radius 3 is 2.21 bits per heavy atom. The van der Waals surface area contributed by atoms with Gasteiger partial charge in [0.25, 0.3) is 0 Å². The van der Waals surface area contributed by atoms with Crippen LogP contribution in [0.3, 0.4) is 0 Å². The van der Waals surface area contributed by atoms with Crippen molar-refractivity contribution in [1.82, 2.24) is 0 Å². The van der Waals surface area contributed by atoms with Crippen molar-refractivity contribution in [2.45, 2.75) is 65.7 Å². The lowest BCUT2D eigenvalue weighted by atomic mass is 9.81. The summed E-state index contributed by atoms with van der Waals surface area (Å²) in [5.41, 5.74) is 10.4. The van der Waals surface area contributed by atoms with Gasteiger partial charge in [-0.2, -0.15) is 0 Å². The quantitative estimate of drug-likeness (QED) is 0.811. The van der Waals surface area contributed by atoms with Gasteiger partial charge in [-0.15, -0.1) is 0 Å². The molecular formula is C18H31N. The highest BCUT2D eigenvalue weighted by molar-refractivity contribution is 5.36. The first kappa shape index (κ1) is 16.2. The van der Waals surface area contributed by atoms with E-state index in [1.54, 1.807) is 0 Å². The molecule has 0 aromatic heterocycles. The van der Waals surface area contributed by atoms with Crippen LogP contribution in [0, 0.1) is 12.8 Å². The molecule has 0 heterocycles. The maximum Gasteiger partial charge on any atom is -0.00714 e. The Bertz CT molecular complexity index is 399. The summed E-state index contributed by atoms with van der Waals surface area (Å²) in [6.07, 6.45) is 2.32. The highest BCUT2D eigenvalue weighted by Crippen LogP contribution is 2.32. The Hall–Kier alpha value is -0.820. The van der Waals surface area contributed by atoms with E-state index in [2.05, 4.69) is 59.7 Å². The number of hydrogen-bond donors (Lipinski definition) is 1. The molecule has 0 saturated carbocycles. The van der Waals surface area contributed by atoms with E-state index >= 15 is 0 Å². The van der Waals surface area contributed by atoms with Crippen LogP contribution in [0.25, 0.3) is 0 Å². The first-order valence-electron chi connectivity index (χ1n) is 7.56. The molecule has 0 radical (unpaired) electrons. The van der Waals surface area contributed by atoms with Gasteiger partial charge >= 0.3 is 0 Å². The molecule has 1 aromatic carbocycles. The Labute approximate surface area is 119 Å². The van der Waals surface area contributed by atoms with E-state index in [0.29, 0.717) is 5.92 Å². The molecule has 0 bridgehead atoms. The highest BCUT2D eigenvalue weighted by atomic mass is 14.5. The van der Waals surface area contributed by atoms with Gasteiger partial charge in [-0.25, -0.2) is 0 Å². The van der Waals surface area contributed by atoms with Gasteiger partial charge in [0.05, 0.1) is 0 Å². The molecule has 0 fully saturated rings. The smallest absolute Gasteiger partial charge is 0.00714 e. The molecule has 0 aliphatic carbocycles. The molecule has 0 saturated heterocycles. The summed E-state index contributed by atoms with van der Waals surface area (Å²) in [5, 5.41) is 0. The van der Waals surface area contributed by atoms with Crippen molar-refractivity contribution < 1.29 is 0 Å². The minimum Gasteiger partial charge on any atom is -0.330 e. The van der Waals surface area contributed by atoms with Crippen LogP contribution in [-0.2, 0) is 5.41 Å². The van der Waals surface area contributed by atoms with Gasteiger partial charge in [0.15, 0.2) is 0 Å². The Morgan fingerprint density at radius 2 is 1.79 bits per heavy atom. The monoisotopic (exact) mass is 261 g/mol. The predicted octanol–water partition coefficient (Wildman–Crippen LogP) is 4.77. The molecule has 2 N–H and O–H groups in total. The molecule has 0 aliphatic rings. The molecule has 1 heteroatoms. The fraction of sp³-hybridized carbons (Fsp3) is 0.667. The number of aryl methyl sites for hydroxylation is 1. The van der Waals surface area contributed by atoms with Crippen LogP contribution in [0.2, 0.25) is 0 Å². The molecule has 1 aromatic rings. The fourth-order valence-electron chi connectivity index (χ4n) is 2.77. The third kappa shape index (κ3) is 4.65. The minimum absolute atomic E-state index is 0.227. The van der Waals surface area contributed by atoms with Crippen molar-refractivity contribution in [3.63, 3.8) is 0 Å². The summed E-state index contributed by atoms with van der Waals surface area (Å²) in [6.45, 7) is 14.4. The maximum atomic E-state index is 5.79. The van der Waals surface area contributed by atoms with Crippen LogP contribution in [0.15, 0.2) is 18.2 Å². The summed E-state index contributed by atoms with van der Waals surface area (Å²) < 4.78 is 0. The van der Waals surface area contributed by atoms with Gasteiger partial charge in [-0.05, 0) is 60.3 Å². The largest absolute Gasteiger partial charge is 0.330 e. The summed E-state index contributed by atoms with van der Waals surface area (Å²) >= 11 is 0. The van der Waals surface area contributed by atoms with Gasteiger partial charge in [0.2, 0.25) is 0 Å². The molecule has 1 unspecified atom stereocenters. The van der Waals surface area contributed by atoms with Crippen LogP contribution < -0.4 is 5.73 Å². The molecular weight excluding hydrogens is 230 g/mol. The zero-order valence-electron chi connectivity index (χ0n) is 13.6. The van der Waals surface area contributed by atoms with Crippen LogP contribution in [0.1, 0.15) is 70.1 Å². The van der Waals surface area contributed by atoms with Gasteiger partial charge < -0.3 is 5.73 Å². The van der Waals surface area contributed by atoms with Crippen molar-refractivity contribution in [2.24, 2.45) is 11.7 Å². The topological polar surface area (TPSA) is 26.0 Å². The predicted molar refractivity (Wildman–Crippen MR) is 85.7 cm³/mol. The third-order valence-electron chi connectivity index (χ3n) is 3.85. The second-order valence-electron chi connectivity index (χ2n) is 7.23. The molecule has 1 rings (SSSR count). The summed E-state index contributed by atoms with van der Waals surface area (Å²) in [7, 11) is 0. The lowest BCUT2D eigenvalue weighted by molar-refractivity contribution is 0.478. The van der Waals surface area contributed by atoms with E-state index in [-0.39, 0.29) is 5.41 Å². The fourth-order valence-corrected chi connectivity index (χ4v) is 2.77. The number of rotatable bonds is 5. The summed E-state index contributed by atoms with van der Waals surface area (Å²) in [5.74, 6) is 1.33. The average Bonchev–Trinajstić information content (AvgIpc) is 2.26. The second-order valence-corrected chi connectivity index (χ2v) is 7.23. The van der Waals surface area contributed by atoms with E-state index in [1.165, 1.54) is 23.1 Å². The van der Waals surface area contributed by atoms with E-state index in [0.717, 1.165) is 18.9 Å². The Kier molecular flexibility index (Phi) is 5.61. The third-order valence-corrected chi connectivity index (χ3v) is 3.85. The molecule has 1 nitrogen and oxygen atoms in total. The van der Waals surface area contributed by atoms with E-state index in [4.69, 9.17) is 5.73 Å². The number of nitrogens with two attached hydrogens (primary N) is 1. The lowest BCUT2D eigenvalue weighted by Gasteiger charge is -2.24. The van der Waals surface area contributed by atoms with Crippen LogP contribution in [0.4, 0.5) is 0 Å². The second kappa shape index (κ2) is 6.56. The zero-order valence-corrected chi connectivity index (χ0v) is 13.6. The number of hydrogen-bond acceptors (Lipinski definition) is 1. The molecule has 108 valence electrons. The standard InChI is InChI=1S/C18H31N/c1-13(2)11-15(9-10-19)17-8-7-16(12-14(17)3)18(4,5)6/h7-8,12-13,15H,9-11,19H2,1-6H3. The lowest BCUT2D eigenvalue weighted by Crippen LogP contribution is -2.14. The molecule has 1 atom stereocenters. The van der Waals surface area contributed by atoms with Crippen LogP contribution in [-0.4, -0.2) is 6.54 Å². The molecule has 19 heavy (non-hydrogen) atoms. The van der Waals surface area contributed by atoms with E-state index in [1.807, 2.05) is 0 Å². The van der Waals surface area contributed by atoms with Crippen molar-refractivity contribution >= 4 is 0 Å². The van der Waals surface area contributed by atoms with Gasteiger partial charge in [-0.1, -0.05) is 52.8 Å². The first-order chi connectivity index (χ1) is 8.75. The average molecular weight is 261 g/mol. The van der Waals surface area contributed by atoms with E-state index in [9.17, 15) is 0 Å². The van der Waals surface area contributed by atoms with E-state index < -0.39 is 0 Å². The SMILES string of the molecule is Cc1cc(C(C)(C)C)ccc1C(CCN)CC(C)C. The maximum absolute atomic E-state index is 5.79. The zero-order chi connectivity index (χ0) is 14.6. The van der Waals surface area contributed by atoms with Crippen LogP contribution >= 0.6 is 0 Å². The summed E-state index contributed by atoms with van der Waals surface area (Å²) in [6, 6.07) is 6.99. The first-order valence-corrected chi connectivity index (χ1v) is 7.56. The van der Waals surface area contributed by atoms with Gasteiger partial charge in [-0.3, -0.25) is 0 Å². The highest BCUT2D eigenvalue weighted by Gasteiger charge is 2.18. The molecule has 0 spiro atoms. The molecule has 0 aliphatic heterocycles.